The molecule has 4 nitrogen and oxygen atoms in total. The number of nitrogens with zero attached hydrogens (tertiary/aromatic N) is 3. The first kappa shape index (κ1) is 24.5. The molecule has 0 bridgehead atoms. The van der Waals surface area contributed by atoms with Crippen LogP contribution in [0.1, 0.15) is 6.92 Å². The molecule has 6 aromatic carbocycles. The van der Waals surface area contributed by atoms with Crippen LogP contribution in [0.3, 0.4) is 0 Å². The number of para-hydroxylation sites is 4. The van der Waals surface area contributed by atoms with E-state index in [2.05, 4.69) is 117 Å². The fourth-order valence-corrected chi connectivity index (χ4v) is 9.89. The molecule has 0 fully saturated rings. The second-order valence-electron chi connectivity index (χ2n) is 11.3. The third kappa shape index (κ3) is 3.30. The second kappa shape index (κ2) is 8.97. The Balaban J connectivity index is 1.33. The van der Waals surface area contributed by atoms with Gasteiger partial charge in [-0.1, -0.05) is 85.8 Å². The topological polar surface area (TPSA) is 28.0 Å². The van der Waals surface area contributed by atoms with Gasteiger partial charge in [0.05, 0.1) is 27.9 Å². The molecule has 0 saturated heterocycles. The number of hydrogen-bond donors (Lipinski definition) is 0. The summed E-state index contributed by atoms with van der Waals surface area (Å²) in [6.45, 7) is 2.03. The van der Waals surface area contributed by atoms with E-state index in [9.17, 15) is 0 Å². The van der Waals surface area contributed by atoms with Crippen LogP contribution < -0.4 is 9.34 Å². The highest BCUT2D eigenvalue weighted by molar-refractivity contribution is 7.68. The molecular formula is C38H28N3OP. The lowest BCUT2D eigenvalue weighted by Gasteiger charge is -2.32. The molecule has 0 N–H and O–H groups in total. The Kier molecular flexibility index (Phi) is 5.12. The average molecular weight is 574 g/mol. The van der Waals surface area contributed by atoms with E-state index in [1.54, 1.807) is 0 Å². The minimum absolute atomic E-state index is 0.507. The molecule has 3 heterocycles. The quantitative estimate of drug-likeness (QED) is 0.196. The summed E-state index contributed by atoms with van der Waals surface area (Å²) in [7, 11) is -3.06. The predicted molar refractivity (Wildman–Crippen MR) is 182 cm³/mol. The van der Waals surface area contributed by atoms with Crippen molar-refractivity contribution in [2.75, 3.05) is 15.5 Å². The molecule has 43 heavy (non-hydrogen) atoms. The van der Waals surface area contributed by atoms with Gasteiger partial charge in [0.25, 0.3) is 7.44 Å². The second-order valence-corrected chi connectivity index (χ2v) is 14.0. The number of fused-ring (bicyclic) bond motifs is 7. The zero-order valence-corrected chi connectivity index (χ0v) is 24.6. The molecule has 206 valence electrons. The van der Waals surface area contributed by atoms with Crippen molar-refractivity contribution >= 4 is 68.3 Å². The van der Waals surface area contributed by atoms with Crippen molar-refractivity contribution in [1.29, 1.82) is 0 Å². The van der Waals surface area contributed by atoms with Crippen LogP contribution in [0.4, 0.5) is 22.7 Å². The zero-order chi connectivity index (χ0) is 28.7. The summed E-state index contributed by atoms with van der Waals surface area (Å²) in [6.07, 6.45) is 0.507. The monoisotopic (exact) mass is 573 g/mol. The summed E-state index contributed by atoms with van der Waals surface area (Å²) in [5, 5.41) is 5.02. The average Bonchev–Trinajstić information content (AvgIpc) is 3.67. The van der Waals surface area contributed by atoms with Crippen LogP contribution in [0.2, 0.25) is 0 Å². The van der Waals surface area contributed by atoms with Gasteiger partial charge in [-0.2, -0.15) is 0 Å². The first-order valence-corrected chi connectivity index (χ1v) is 16.6. The molecule has 0 amide bonds. The minimum Gasteiger partial charge on any atom is -0.308 e. The van der Waals surface area contributed by atoms with E-state index in [0.29, 0.717) is 6.16 Å². The molecule has 1 unspecified atom stereocenters. The highest BCUT2D eigenvalue weighted by atomic mass is 31.2. The minimum atomic E-state index is -3.06. The number of aromatic nitrogens is 1. The predicted octanol–water partition coefficient (Wildman–Crippen LogP) is 11.0. The molecule has 0 spiro atoms. The van der Waals surface area contributed by atoms with E-state index in [-0.39, 0.29) is 0 Å². The van der Waals surface area contributed by atoms with Crippen molar-refractivity contribution in [3.8, 4) is 11.1 Å². The Morgan fingerprint density at radius 1 is 0.512 bits per heavy atom. The van der Waals surface area contributed by atoms with Gasteiger partial charge in [-0.3, -0.25) is 13.9 Å². The van der Waals surface area contributed by atoms with Crippen LogP contribution >= 0.6 is 7.44 Å². The highest BCUT2D eigenvalue weighted by Gasteiger charge is 2.46. The van der Waals surface area contributed by atoms with Crippen molar-refractivity contribution in [1.82, 2.24) is 4.40 Å². The summed E-state index contributed by atoms with van der Waals surface area (Å²) >= 11 is 0. The Bertz CT molecular complexity index is 2300. The van der Waals surface area contributed by atoms with E-state index in [4.69, 9.17) is 0 Å². The molecule has 2 aromatic heterocycles. The van der Waals surface area contributed by atoms with Crippen LogP contribution in [0.5, 0.6) is 0 Å². The molecule has 8 aromatic rings. The molecule has 0 aliphatic carbocycles. The largest absolute Gasteiger partial charge is 0.308 e. The Labute approximate surface area is 249 Å². The lowest BCUT2D eigenvalue weighted by atomic mass is 9.98. The van der Waals surface area contributed by atoms with Gasteiger partial charge in [0, 0.05) is 39.1 Å². The normalized spacial score (nSPS) is 16.7. The van der Waals surface area contributed by atoms with Crippen LogP contribution in [0, 0.1) is 0 Å². The molecule has 0 radical (unpaired) electrons. The Morgan fingerprint density at radius 2 is 1.02 bits per heavy atom. The van der Waals surface area contributed by atoms with Gasteiger partial charge in [0.2, 0.25) is 0 Å². The van der Waals surface area contributed by atoms with Crippen molar-refractivity contribution in [3.05, 3.63) is 140 Å². The van der Waals surface area contributed by atoms with Gasteiger partial charge in [0.15, 0.2) is 0 Å². The maximum absolute atomic E-state index is 15.1. The van der Waals surface area contributed by atoms with Crippen LogP contribution in [0.15, 0.2) is 140 Å². The van der Waals surface area contributed by atoms with Crippen LogP contribution in [-0.4, -0.2) is 10.6 Å². The molecular weight excluding hydrogens is 545 g/mol. The van der Waals surface area contributed by atoms with Crippen molar-refractivity contribution in [3.63, 3.8) is 0 Å². The molecule has 0 saturated carbocycles. The maximum atomic E-state index is 15.1. The first-order chi connectivity index (χ1) is 21.2. The third-order valence-corrected chi connectivity index (χ3v) is 12.0. The molecule has 1 aliphatic rings. The van der Waals surface area contributed by atoms with E-state index < -0.39 is 7.44 Å². The van der Waals surface area contributed by atoms with Crippen molar-refractivity contribution in [2.45, 2.75) is 6.92 Å². The van der Waals surface area contributed by atoms with Gasteiger partial charge in [-0.15, -0.1) is 0 Å². The summed E-state index contributed by atoms with van der Waals surface area (Å²) in [4.78, 5) is 0. The summed E-state index contributed by atoms with van der Waals surface area (Å²) in [5.41, 5.74) is 9.81. The van der Waals surface area contributed by atoms with Gasteiger partial charge < -0.3 is 4.40 Å². The Hall–Kier alpha value is -5.05. The summed E-state index contributed by atoms with van der Waals surface area (Å²) < 4.78 is 21.7. The highest BCUT2D eigenvalue weighted by Crippen LogP contribution is 2.70. The summed E-state index contributed by atoms with van der Waals surface area (Å²) in [5.74, 6) is 0. The maximum Gasteiger partial charge on any atom is 0.271 e. The number of benzene rings is 6. The first-order valence-electron chi connectivity index (χ1n) is 14.8. The van der Waals surface area contributed by atoms with E-state index in [1.165, 1.54) is 38.1 Å². The zero-order valence-electron chi connectivity index (χ0n) is 23.7. The van der Waals surface area contributed by atoms with Gasteiger partial charge >= 0.3 is 0 Å². The SMILES string of the molecule is CCP1(=O)N(c2ccccc2)c2ccc(-c3cc4c5ccccc5n5c6ccccc6c(c3)c45)cc2N1c1ccccc1. The van der Waals surface area contributed by atoms with Gasteiger partial charge in [-0.25, -0.2) is 0 Å². The van der Waals surface area contributed by atoms with Crippen LogP contribution in [-0.2, 0) is 4.57 Å². The lowest BCUT2D eigenvalue weighted by Crippen LogP contribution is -2.19. The molecule has 5 heteroatoms. The number of rotatable bonds is 4. The molecule has 9 rings (SSSR count). The molecule has 1 aliphatic heterocycles. The van der Waals surface area contributed by atoms with Crippen molar-refractivity contribution < 1.29 is 4.57 Å². The molecule has 1 atom stereocenters. The van der Waals surface area contributed by atoms with Crippen molar-refractivity contribution in [2.24, 2.45) is 0 Å². The standard InChI is InChI=1S/C38H28N3OP/c1-2-43(42)40(28-13-5-3-6-14-28)36-22-21-26(25-37(36)41(43)29-15-7-4-8-16-29)27-23-32-30-17-9-11-19-34(30)39-35-20-12-10-18-31(35)33(24-27)38(32)39/h3-25H,2H2,1H3. The van der Waals surface area contributed by atoms with E-state index in [0.717, 1.165) is 33.9 Å². The lowest BCUT2D eigenvalue weighted by molar-refractivity contribution is 0.577. The van der Waals surface area contributed by atoms with Crippen LogP contribution in [0.25, 0.3) is 49.2 Å². The van der Waals surface area contributed by atoms with Gasteiger partial charge in [-0.05, 0) is 71.8 Å². The number of anilines is 4. The number of hydrogen-bond acceptors (Lipinski definition) is 1. The fourth-order valence-electron chi connectivity index (χ4n) is 7.15. The Morgan fingerprint density at radius 3 is 1.58 bits per heavy atom. The van der Waals surface area contributed by atoms with E-state index in [1.807, 2.05) is 43.3 Å². The summed E-state index contributed by atoms with van der Waals surface area (Å²) in [6, 6.07) is 48.9. The third-order valence-electron chi connectivity index (χ3n) is 9.01. The van der Waals surface area contributed by atoms with Gasteiger partial charge in [0.1, 0.15) is 0 Å². The fraction of sp³-hybridized carbons (Fsp3) is 0.0526. The van der Waals surface area contributed by atoms with E-state index >= 15 is 4.57 Å². The smallest absolute Gasteiger partial charge is 0.271 e.